The number of hydrogen-bond acceptors (Lipinski definition) is 8. The summed E-state index contributed by atoms with van der Waals surface area (Å²) in [4.78, 5) is 9.52. The number of rotatable bonds is 6. The van der Waals surface area contributed by atoms with Crippen molar-refractivity contribution in [2.45, 2.75) is 13.1 Å². The van der Waals surface area contributed by atoms with Gasteiger partial charge in [0.15, 0.2) is 5.82 Å². The van der Waals surface area contributed by atoms with Crippen LogP contribution in [0.25, 0.3) is 32.1 Å². The number of alkyl halides is 3. The second-order valence-electron chi connectivity index (χ2n) is 7.60. The van der Waals surface area contributed by atoms with E-state index in [2.05, 4.69) is 9.97 Å². The molecule has 0 atom stereocenters. The number of nitrogens with zero attached hydrogens (tertiary/aromatic N) is 4. The van der Waals surface area contributed by atoms with Crippen molar-refractivity contribution in [3.63, 3.8) is 0 Å². The number of nitrogens with two attached hydrogens (primary N) is 1. The fourth-order valence-electron chi connectivity index (χ4n) is 4.05. The highest BCUT2D eigenvalue weighted by molar-refractivity contribution is 7.23. The lowest BCUT2D eigenvalue weighted by molar-refractivity contribution is -0.137. The van der Waals surface area contributed by atoms with Gasteiger partial charge in [-0.25, -0.2) is 8.78 Å². The maximum atomic E-state index is 16.1. The van der Waals surface area contributed by atoms with Crippen molar-refractivity contribution in [1.29, 1.82) is 5.26 Å². The van der Waals surface area contributed by atoms with E-state index in [9.17, 15) is 27.9 Å². The van der Waals surface area contributed by atoms with Crippen LogP contribution in [0.15, 0.2) is 18.2 Å². The minimum absolute atomic E-state index is 0.00871. The minimum Gasteiger partial charge on any atom is -0.467 e. The van der Waals surface area contributed by atoms with Crippen LogP contribution in [0, 0.1) is 23.0 Å². The standard InChI is InChI=1S/C23H18F5N5O2S/c1-3-33(6-7-34)21-11-8-13(23(26,27)28)16(17(25)18(11)31-22(32-21)35-2)10-4-5-14(24)19-15(10)12(9-29)20(30)36-19/h4-5,8,34H,3,6-7,30H2,1-2H3. The Kier molecular flexibility index (Phi) is 6.59. The molecule has 2 aromatic heterocycles. The van der Waals surface area contributed by atoms with E-state index >= 15 is 4.39 Å². The lowest BCUT2D eigenvalue weighted by Gasteiger charge is -2.24. The molecular formula is C23H18F5N5O2S. The average Bonchev–Trinajstić information content (AvgIpc) is 3.19. The van der Waals surface area contributed by atoms with E-state index < -0.39 is 34.5 Å². The van der Waals surface area contributed by atoms with Gasteiger partial charge in [-0.2, -0.15) is 28.4 Å². The largest absolute Gasteiger partial charge is 0.467 e. The van der Waals surface area contributed by atoms with Crippen LogP contribution in [0.4, 0.5) is 32.8 Å². The van der Waals surface area contributed by atoms with Crippen molar-refractivity contribution in [3.8, 4) is 23.2 Å². The molecule has 0 bridgehead atoms. The molecule has 2 heterocycles. The van der Waals surface area contributed by atoms with Gasteiger partial charge in [-0.1, -0.05) is 6.07 Å². The number of methoxy groups -OCH3 is 1. The third-order valence-electron chi connectivity index (χ3n) is 5.63. The highest BCUT2D eigenvalue weighted by Gasteiger charge is 2.38. The highest BCUT2D eigenvalue weighted by Crippen LogP contribution is 2.47. The van der Waals surface area contributed by atoms with E-state index in [1.807, 2.05) is 0 Å². The molecule has 0 aliphatic carbocycles. The number of aliphatic hydroxyl groups excluding tert-OH is 1. The topological polar surface area (TPSA) is 108 Å². The van der Waals surface area contributed by atoms with Crippen molar-refractivity contribution in [3.05, 3.63) is 41.0 Å². The molecular weight excluding hydrogens is 505 g/mol. The summed E-state index contributed by atoms with van der Waals surface area (Å²) < 4.78 is 78.7. The van der Waals surface area contributed by atoms with Gasteiger partial charge in [0.05, 0.1) is 29.5 Å². The van der Waals surface area contributed by atoms with Crippen molar-refractivity contribution in [2.75, 3.05) is 37.4 Å². The van der Waals surface area contributed by atoms with Crippen LogP contribution in [0.3, 0.4) is 0 Å². The van der Waals surface area contributed by atoms with Gasteiger partial charge in [0.25, 0.3) is 0 Å². The molecule has 36 heavy (non-hydrogen) atoms. The number of thiophene rings is 1. The first-order chi connectivity index (χ1) is 17.1. The Hall–Kier alpha value is -3.76. The van der Waals surface area contributed by atoms with Crippen molar-refractivity contribution in [2.24, 2.45) is 0 Å². The number of nitrogen functional groups attached to an aromatic ring is 1. The molecule has 13 heteroatoms. The van der Waals surface area contributed by atoms with Crippen LogP contribution in [0.2, 0.25) is 0 Å². The number of ether oxygens (including phenoxy) is 1. The molecule has 0 unspecified atom stereocenters. The molecule has 2 aromatic carbocycles. The van der Waals surface area contributed by atoms with Gasteiger partial charge in [-0.3, -0.25) is 0 Å². The molecule has 0 radical (unpaired) electrons. The Morgan fingerprint density at radius 3 is 2.56 bits per heavy atom. The van der Waals surface area contributed by atoms with E-state index in [-0.39, 0.29) is 63.1 Å². The quantitative estimate of drug-likeness (QED) is 0.339. The maximum Gasteiger partial charge on any atom is 0.417 e. The monoisotopic (exact) mass is 523 g/mol. The minimum atomic E-state index is -5.05. The summed E-state index contributed by atoms with van der Waals surface area (Å²) >= 11 is 0.683. The summed E-state index contributed by atoms with van der Waals surface area (Å²) in [5.41, 5.74) is 2.45. The molecule has 188 valence electrons. The maximum absolute atomic E-state index is 16.1. The summed E-state index contributed by atoms with van der Waals surface area (Å²) in [5, 5.41) is 18.4. The van der Waals surface area contributed by atoms with Gasteiger partial charge in [0, 0.05) is 29.4 Å². The molecule has 4 aromatic rings. The molecule has 4 rings (SSSR count). The summed E-state index contributed by atoms with van der Waals surface area (Å²) in [6.07, 6.45) is -5.05. The first-order valence-corrected chi connectivity index (χ1v) is 11.3. The van der Waals surface area contributed by atoms with E-state index in [1.54, 1.807) is 13.0 Å². The number of halogens is 5. The van der Waals surface area contributed by atoms with Crippen molar-refractivity contribution in [1.82, 2.24) is 9.97 Å². The van der Waals surface area contributed by atoms with E-state index in [0.29, 0.717) is 17.4 Å². The van der Waals surface area contributed by atoms with Gasteiger partial charge >= 0.3 is 12.2 Å². The molecule has 3 N–H and O–H groups in total. The van der Waals surface area contributed by atoms with Gasteiger partial charge in [0.1, 0.15) is 28.2 Å². The van der Waals surface area contributed by atoms with Crippen LogP contribution in [0.1, 0.15) is 18.1 Å². The molecule has 7 nitrogen and oxygen atoms in total. The predicted molar refractivity (Wildman–Crippen MR) is 126 cm³/mol. The van der Waals surface area contributed by atoms with Crippen LogP contribution < -0.4 is 15.4 Å². The van der Waals surface area contributed by atoms with Gasteiger partial charge in [-0.15, -0.1) is 11.3 Å². The number of aromatic nitrogens is 2. The van der Waals surface area contributed by atoms with Gasteiger partial charge < -0.3 is 20.5 Å². The summed E-state index contributed by atoms with van der Waals surface area (Å²) in [7, 11) is 1.22. The van der Waals surface area contributed by atoms with Crippen LogP contribution >= 0.6 is 11.3 Å². The van der Waals surface area contributed by atoms with Gasteiger partial charge in [-0.05, 0) is 24.6 Å². The fourth-order valence-corrected chi connectivity index (χ4v) is 5.00. The highest BCUT2D eigenvalue weighted by atomic mass is 32.1. The van der Waals surface area contributed by atoms with Gasteiger partial charge in [0.2, 0.25) is 0 Å². The second-order valence-corrected chi connectivity index (χ2v) is 8.65. The summed E-state index contributed by atoms with van der Waals surface area (Å²) in [6.45, 7) is 1.59. The van der Waals surface area contributed by atoms with E-state index in [4.69, 9.17) is 10.5 Å². The number of likely N-dealkylation sites (N-methyl/N-ethyl adjacent to an activating group) is 1. The normalized spacial score (nSPS) is 11.8. The molecule has 0 saturated carbocycles. The average molecular weight is 523 g/mol. The molecule has 0 fully saturated rings. The SMILES string of the molecule is CCN(CCO)c1nc(OC)nc2c(F)c(-c3ccc(F)c4sc(N)c(C#N)c34)c(C(F)(F)F)cc12. The Morgan fingerprint density at radius 2 is 1.97 bits per heavy atom. The smallest absolute Gasteiger partial charge is 0.417 e. The molecule has 0 aliphatic heterocycles. The Labute approximate surface area is 205 Å². The van der Waals surface area contributed by atoms with Crippen LogP contribution in [0.5, 0.6) is 6.01 Å². The molecule has 0 spiro atoms. The van der Waals surface area contributed by atoms with Crippen molar-refractivity contribution < 1.29 is 31.8 Å². The summed E-state index contributed by atoms with van der Waals surface area (Å²) in [6, 6.07) is 4.05. The number of hydrogen-bond donors (Lipinski definition) is 2. The molecule has 0 saturated heterocycles. The number of benzene rings is 2. The first kappa shape index (κ1) is 25.3. The van der Waals surface area contributed by atoms with E-state index in [1.165, 1.54) is 12.0 Å². The van der Waals surface area contributed by atoms with Crippen molar-refractivity contribution >= 4 is 43.1 Å². The summed E-state index contributed by atoms with van der Waals surface area (Å²) in [5.74, 6) is -2.23. The first-order valence-electron chi connectivity index (χ1n) is 10.5. The Bertz CT molecular complexity index is 1530. The zero-order chi connectivity index (χ0) is 26.4. The number of anilines is 2. The van der Waals surface area contributed by atoms with Crippen LogP contribution in [-0.4, -0.2) is 41.9 Å². The second kappa shape index (κ2) is 9.36. The fraction of sp³-hybridized carbons (Fsp3) is 0.261. The number of fused-ring (bicyclic) bond motifs is 2. The van der Waals surface area contributed by atoms with Crippen LogP contribution in [-0.2, 0) is 6.18 Å². The Morgan fingerprint density at radius 1 is 1.25 bits per heavy atom. The number of aliphatic hydroxyl groups is 1. The third-order valence-corrected chi connectivity index (χ3v) is 6.66. The zero-order valence-corrected chi connectivity index (χ0v) is 19.7. The molecule has 0 amide bonds. The predicted octanol–water partition coefficient (Wildman–Crippen LogP) is 5.09. The third kappa shape index (κ3) is 4.02. The lowest BCUT2D eigenvalue weighted by Crippen LogP contribution is -2.27. The lowest BCUT2D eigenvalue weighted by atomic mass is 9.92. The van der Waals surface area contributed by atoms with E-state index in [0.717, 1.165) is 12.1 Å². The number of nitriles is 1. The zero-order valence-electron chi connectivity index (χ0n) is 18.9. The molecule has 0 aliphatic rings. The Balaban J connectivity index is 2.21.